The van der Waals surface area contributed by atoms with Gasteiger partial charge >= 0.3 is 17.0 Å². The topological polar surface area (TPSA) is 115 Å². The number of alkyl halides is 3. The van der Waals surface area contributed by atoms with E-state index < -0.39 is 69.6 Å². The lowest BCUT2D eigenvalue weighted by atomic mass is 9.83. The van der Waals surface area contributed by atoms with Crippen molar-refractivity contribution >= 4 is 81.4 Å². The lowest BCUT2D eigenvalue weighted by molar-refractivity contribution is -0.137. The number of hydrogen-bond acceptors (Lipinski definition) is 8. The van der Waals surface area contributed by atoms with Gasteiger partial charge in [-0.1, -0.05) is 70.6 Å². The van der Waals surface area contributed by atoms with Gasteiger partial charge in [0.25, 0.3) is 0 Å². The molecule has 0 radical (unpaired) electrons. The van der Waals surface area contributed by atoms with E-state index in [2.05, 4.69) is 5.32 Å². The van der Waals surface area contributed by atoms with Gasteiger partial charge in [0, 0.05) is 16.5 Å². The van der Waals surface area contributed by atoms with E-state index in [0.29, 0.717) is 21.0 Å². The number of para-hydroxylation sites is 1. The zero-order chi connectivity index (χ0) is 34.5. The number of thioether (sulfide) groups is 1. The quantitative estimate of drug-likeness (QED) is 0.163. The molecule has 3 heterocycles. The minimum Gasteiger partial charge on any atom is -0.462 e. The molecule has 16 heteroatoms. The fraction of sp³-hybridized carbons (Fsp3) is 0.219. The van der Waals surface area contributed by atoms with Gasteiger partial charge in [0.05, 0.1) is 44.4 Å². The second kappa shape index (κ2) is 13.1. The van der Waals surface area contributed by atoms with E-state index in [9.17, 15) is 37.1 Å². The highest BCUT2D eigenvalue weighted by Gasteiger charge is 2.58. The van der Waals surface area contributed by atoms with Gasteiger partial charge in [0.15, 0.2) is 0 Å². The summed E-state index contributed by atoms with van der Waals surface area (Å²) in [4.78, 5) is 66.8. The predicted octanol–water partition coefficient (Wildman–Crippen LogP) is 6.85. The number of esters is 1. The number of nitrogens with zero attached hydrogens (tertiary/aromatic N) is 2. The molecule has 6 rings (SSSR count). The molecule has 0 spiro atoms. The SMILES string of the molecule is CCOC(=O)c1ccc(NC(=O)Cn2c3c(sc2=O)C(c2cccc(Cl)c2Cl)C2C(=O)N(c4ccccc4C(F)(F)F)C(=O)C2S3)cc1. The molecular formula is C32H22Cl2F3N3O6S2. The number of carbonyl (C=O) groups excluding carboxylic acids is 4. The highest BCUT2D eigenvalue weighted by Crippen LogP contribution is 2.56. The minimum atomic E-state index is -4.86. The van der Waals surface area contributed by atoms with Gasteiger partial charge < -0.3 is 10.1 Å². The smallest absolute Gasteiger partial charge is 0.418 e. The Hall–Kier alpha value is -4.11. The van der Waals surface area contributed by atoms with Crippen LogP contribution in [0, 0.1) is 5.92 Å². The maximum atomic E-state index is 14.1. The number of rotatable bonds is 7. The van der Waals surface area contributed by atoms with Crippen LogP contribution in [0.25, 0.3) is 0 Å². The third kappa shape index (κ3) is 6.02. The number of thiazole rings is 1. The lowest BCUT2D eigenvalue weighted by Crippen LogP contribution is -2.33. The summed E-state index contributed by atoms with van der Waals surface area (Å²) in [7, 11) is 0. The van der Waals surface area contributed by atoms with Crippen LogP contribution in [-0.2, 0) is 31.8 Å². The van der Waals surface area contributed by atoms with Crippen molar-refractivity contribution in [3.8, 4) is 0 Å². The Morgan fingerprint density at radius 1 is 0.958 bits per heavy atom. The first-order chi connectivity index (χ1) is 22.8. The summed E-state index contributed by atoms with van der Waals surface area (Å²) in [5.41, 5.74) is -0.868. The van der Waals surface area contributed by atoms with E-state index in [1.54, 1.807) is 19.1 Å². The van der Waals surface area contributed by atoms with E-state index in [0.717, 1.165) is 45.9 Å². The minimum absolute atomic E-state index is 0.0477. The van der Waals surface area contributed by atoms with Crippen LogP contribution in [0.15, 0.2) is 76.6 Å². The molecular weight excluding hydrogens is 714 g/mol. The van der Waals surface area contributed by atoms with E-state index >= 15 is 0 Å². The Bertz CT molecular complexity index is 2030. The summed E-state index contributed by atoms with van der Waals surface area (Å²) in [6, 6.07) is 14.8. The fourth-order valence-corrected chi connectivity index (χ4v) is 8.93. The van der Waals surface area contributed by atoms with E-state index in [-0.39, 0.29) is 27.2 Å². The summed E-state index contributed by atoms with van der Waals surface area (Å²) in [6.45, 7) is 1.37. The van der Waals surface area contributed by atoms with Crippen LogP contribution in [0.3, 0.4) is 0 Å². The number of hydrogen-bond donors (Lipinski definition) is 1. The molecule has 9 nitrogen and oxygen atoms in total. The normalized spacial score (nSPS) is 18.8. The van der Waals surface area contributed by atoms with Crippen molar-refractivity contribution in [2.75, 3.05) is 16.8 Å². The van der Waals surface area contributed by atoms with Crippen LogP contribution in [0.5, 0.6) is 0 Å². The van der Waals surface area contributed by atoms with Crippen molar-refractivity contribution < 1.29 is 37.1 Å². The van der Waals surface area contributed by atoms with Crippen molar-refractivity contribution in [3.05, 3.63) is 108 Å². The number of ether oxygens (including phenoxy) is 1. The Labute approximate surface area is 288 Å². The molecule has 3 atom stereocenters. The molecule has 0 bridgehead atoms. The van der Waals surface area contributed by atoms with Gasteiger partial charge in [-0.2, -0.15) is 13.2 Å². The fourth-order valence-electron chi connectivity index (χ4n) is 5.75. The Morgan fingerprint density at radius 3 is 2.35 bits per heavy atom. The highest BCUT2D eigenvalue weighted by atomic mass is 35.5. The maximum absolute atomic E-state index is 14.1. The number of nitrogens with one attached hydrogen (secondary N) is 1. The van der Waals surface area contributed by atoms with E-state index in [4.69, 9.17) is 27.9 Å². The van der Waals surface area contributed by atoms with E-state index in [1.165, 1.54) is 36.4 Å². The van der Waals surface area contributed by atoms with Crippen LogP contribution in [0.1, 0.15) is 39.2 Å². The van der Waals surface area contributed by atoms with E-state index in [1.807, 2.05) is 0 Å². The van der Waals surface area contributed by atoms with Crippen molar-refractivity contribution in [3.63, 3.8) is 0 Å². The van der Waals surface area contributed by atoms with Gasteiger partial charge in [-0.05, 0) is 55.0 Å². The lowest BCUT2D eigenvalue weighted by Gasteiger charge is -2.31. The Balaban J connectivity index is 1.39. The Morgan fingerprint density at radius 2 is 1.67 bits per heavy atom. The number of benzene rings is 3. The van der Waals surface area contributed by atoms with Crippen LogP contribution in [-0.4, -0.2) is 40.1 Å². The van der Waals surface area contributed by atoms with Crippen LogP contribution in [0.4, 0.5) is 24.5 Å². The molecule has 1 saturated heterocycles. The molecule has 248 valence electrons. The molecule has 3 unspecified atom stereocenters. The van der Waals surface area contributed by atoms with Crippen molar-refractivity contribution in [2.24, 2.45) is 5.92 Å². The molecule has 0 aliphatic carbocycles. The molecule has 1 aromatic heterocycles. The third-order valence-corrected chi connectivity index (χ3v) is 11.2. The summed E-state index contributed by atoms with van der Waals surface area (Å²) >= 11 is 14.5. The van der Waals surface area contributed by atoms with Crippen molar-refractivity contribution in [1.29, 1.82) is 0 Å². The van der Waals surface area contributed by atoms with Gasteiger partial charge in [-0.25, -0.2) is 9.69 Å². The zero-order valence-electron chi connectivity index (χ0n) is 24.5. The molecule has 2 aliphatic rings. The monoisotopic (exact) mass is 735 g/mol. The third-order valence-electron chi connectivity index (χ3n) is 7.80. The molecule has 1 fully saturated rings. The van der Waals surface area contributed by atoms with Gasteiger partial charge in [-0.3, -0.25) is 23.7 Å². The first kappa shape index (κ1) is 33.8. The van der Waals surface area contributed by atoms with Crippen LogP contribution >= 0.6 is 46.3 Å². The predicted molar refractivity (Wildman–Crippen MR) is 175 cm³/mol. The standard InChI is InChI=1S/C32H22Cl2F3N3O6S2/c1-2-46-30(44)15-10-12-16(13-11-15)38-21(41)14-39-29-26(48-31(39)45)22(17-6-5-8-19(33)24(17)34)23-25(47-29)28(43)40(27(23)42)20-9-4-3-7-18(20)32(35,36)37/h3-13,22-23,25H,2,14H2,1H3,(H,38,41). The molecule has 3 aromatic carbocycles. The van der Waals surface area contributed by atoms with Crippen molar-refractivity contribution in [2.45, 2.75) is 35.8 Å². The van der Waals surface area contributed by atoms with Gasteiger partial charge in [0.1, 0.15) is 11.8 Å². The number of imide groups is 1. The number of aromatic nitrogens is 1. The molecule has 3 amide bonds. The average Bonchev–Trinajstić information content (AvgIpc) is 3.48. The number of fused-ring (bicyclic) bond motifs is 2. The first-order valence-corrected chi connectivity index (χ1v) is 16.7. The summed E-state index contributed by atoms with van der Waals surface area (Å²) in [6.07, 6.45) is -4.86. The van der Waals surface area contributed by atoms with Crippen LogP contribution < -0.4 is 15.1 Å². The summed E-state index contributed by atoms with van der Waals surface area (Å²) < 4.78 is 48.1. The number of anilines is 2. The second-order valence-electron chi connectivity index (χ2n) is 10.7. The van der Waals surface area contributed by atoms with Gasteiger partial charge in [0.2, 0.25) is 17.7 Å². The van der Waals surface area contributed by atoms with Crippen molar-refractivity contribution in [1.82, 2.24) is 4.57 Å². The zero-order valence-corrected chi connectivity index (χ0v) is 27.7. The number of amides is 3. The average molecular weight is 737 g/mol. The summed E-state index contributed by atoms with van der Waals surface area (Å²) in [5, 5.41) is 1.77. The molecule has 1 N–H and O–H groups in total. The molecule has 0 saturated carbocycles. The highest BCUT2D eigenvalue weighted by molar-refractivity contribution is 8.00. The Kier molecular flexibility index (Phi) is 9.20. The number of carbonyl (C=O) groups is 4. The summed E-state index contributed by atoms with van der Waals surface area (Å²) in [5.74, 6) is -5.23. The maximum Gasteiger partial charge on any atom is 0.418 e. The molecule has 2 aliphatic heterocycles. The molecule has 48 heavy (non-hydrogen) atoms. The molecule has 4 aromatic rings. The second-order valence-corrected chi connectivity index (χ2v) is 13.6. The first-order valence-electron chi connectivity index (χ1n) is 14.3. The number of halogens is 5. The largest absolute Gasteiger partial charge is 0.462 e. The van der Waals surface area contributed by atoms with Crippen LogP contribution in [0.2, 0.25) is 10.0 Å². The van der Waals surface area contributed by atoms with Gasteiger partial charge in [-0.15, -0.1) is 0 Å².